The fraction of sp³-hybridized carbons (Fsp3) is 0.231. The van der Waals surface area contributed by atoms with Gasteiger partial charge in [-0.05, 0) is 49.2 Å². The number of nitrogens with zero attached hydrogens (tertiary/aromatic N) is 5. The molecule has 10 nitrogen and oxygen atoms in total. The van der Waals surface area contributed by atoms with Gasteiger partial charge in [-0.2, -0.15) is 9.78 Å². The Bertz CT molecular complexity index is 1570. The number of ether oxygens (including phenoxy) is 2. The summed E-state index contributed by atoms with van der Waals surface area (Å²) < 4.78 is 13.6. The summed E-state index contributed by atoms with van der Waals surface area (Å²) in [6.07, 6.45) is 4.98. The standard InChI is InChI=1S/C26H23BrClN5O5/c1-3-5-6-23-31-21-9-7-17(27)13-19(21)26(34)32(23)30-14-16-11-20(28)25(22(12-16)37-4-2)38-24-10-8-18(15-29-24)33(35)36/h7-15H,3-6H2,1-2H3. The minimum absolute atomic E-state index is 0.111. The lowest BCUT2D eigenvalue weighted by Gasteiger charge is -2.13. The number of fused-ring (bicyclic) bond motifs is 1. The molecule has 0 unspecified atom stereocenters. The zero-order valence-corrected chi connectivity index (χ0v) is 22.9. The molecule has 0 radical (unpaired) electrons. The van der Waals surface area contributed by atoms with Gasteiger partial charge >= 0.3 is 0 Å². The molecule has 0 aliphatic heterocycles. The second-order valence-electron chi connectivity index (χ2n) is 8.13. The third kappa shape index (κ3) is 6.17. The Hall–Kier alpha value is -3.83. The lowest BCUT2D eigenvalue weighted by molar-refractivity contribution is -0.385. The van der Waals surface area contributed by atoms with Gasteiger partial charge in [-0.3, -0.25) is 14.9 Å². The van der Waals surface area contributed by atoms with Gasteiger partial charge in [0.05, 0.1) is 33.7 Å². The zero-order valence-electron chi connectivity index (χ0n) is 20.6. The molecule has 0 amide bonds. The summed E-state index contributed by atoms with van der Waals surface area (Å²) in [4.78, 5) is 32.3. The Labute approximate surface area is 231 Å². The van der Waals surface area contributed by atoms with Gasteiger partial charge in [-0.1, -0.05) is 40.9 Å². The van der Waals surface area contributed by atoms with E-state index in [2.05, 4.69) is 37.9 Å². The zero-order chi connectivity index (χ0) is 27.2. The molecule has 0 aliphatic rings. The van der Waals surface area contributed by atoms with Crippen molar-refractivity contribution in [3.8, 4) is 17.4 Å². The Morgan fingerprint density at radius 3 is 2.71 bits per heavy atom. The third-order valence-corrected chi connectivity index (χ3v) is 6.20. The number of unbranched alkanes of at least 4 members (excludes halogenated alkanes) is 1. The van der Waals surface area contributed by atoms with Crippen molar-refractivity contribution in [2.24, 2.45) is 5.10 Å². The highest BCUT2D eigenvalue weighted by atomic mass is 79.9. The van der Waals surface area contributed by atoms with Gasteiger partial charge in [0.1, 0.15) is 12.0 Å². The van der Waals surface area contributed by atoms with Crippen LogP contribution in [0.1, 0.15) is 38.1 Å². The van der Waals surface area contributed by atoms with Crippen LogP contribution in [0.5, 0.6) is 17.4 Å². The van der Waals surface area contributed by atoms with E-state index in [9.17, 15) is 14.9 Å². The maximum absolute atomic E-state index is 13.3. The maximum atomic E-state index is 13.3. The van der Waals surface area contributed by atoms with Crippen molar-refractivity contribution in [2.75, 3.05) is 6.61 Å². The lowest BCUT2D eigenvalue weighted by atomic mass is 10.2. The van der Waals surface area contributed by atoms with E-state index in [1.54, 1.807) is 31.2 Å². The van der Waals surface area contributed by atoms with Gasteiger partial charge in [-0.15, -0.1) is 0 Å². The fourth-order valence-electron chi connectivity index (χ4n) is 3.60. The molecule has 0 aliphatic carbocycles. The van der Waals surface area contributed by atoms with Gasteiger partial charge in [0.15, 0.2) is 11.5 Å². The first-order valence-corrected chi connectivity index (χ1v) is 13.0. The molecule has 4 aromatic rings. The summed E-state index contributed by atoms with van der Waals surface area (Å²) in [6, 6.07) is 11.3. The van der Waals surface area contributed by atoms with Gasteiger partial charge in [0.2, 0.25) is 5.88 Å². The van der Waals surface area contributed by atoms with Crippen molar-refractivity contribution in [1.29, 1.82) is 0 Å². The number of pyridine rings is 1. The van der Waals surface area contributed by atoms with Crippen LogP contribution in [-0.2, 0) is 6.42 Å². The number of hydrogen-bond acceptors (Lipinski definition) is 8. The summed E-state index contributed by atoms with van der Waals surface area (Å²) in [6.45, 7) is 4.20. The predicted octanol–water partition coefficient (Wildman–Crippen LogP) is 6.53. The van der Waals surface area contributed by atoms with E-state index in [1.165, 1.54) is 23.0 Å². The molecule has 2 heterocycles. The number of aromatic nitrogens is 3. The van der Waals surface area contributed by atoms with Crippen molar-refractivity contribution in [1.82, 2.24) is 14.6 Å². The molecule has 0 N–H and O–H groups in total. The summed E-state index contributed by atoms with van der Waals surface area (Å²) >= 11 is 9.93. The lowest BCUT2D eigenvalue weighted by Crippen LogP contribution is -2.22. The third-order valence-electron chi connectivity index (χ3n) is 5.42. The van der Waals surface area contributed by atoms with Crippen LogP contribution in [0.2, 0.25) is 5.02 Å². The first kappa shape index (κ1) is 27.2. The van der Waals surface area contributed by atoms with Gasteiger partial charge in [-0.25, -0.2) is 9.97 Å². The number of hydrogen-bond donors (Lipinski definition) is 0. The molecule has 0 bridgehead atoms. The Morgan fingerprint density at radius 1 is 1.21 bits per heavy atom. The van der Waals surface area contributed by atoms with Crippen molar-refractivity contribution < 1.29 is 14.4 Å². The van der Waals surface area contributed by atoms with Crippen LogP contribution in [-0.4, -0.2) is 32.4 Å². The van der Waals surface area contributed by atoms with Crippen molar-refractivity contribution in [2.45, 2.75) is 33.1 Å². The minimum Gasteiger partial charge on any atom is -0.490 e. The van der Waals surface area contributed by atoms with Crippen LogP contribution in [0.3, 0.4) is 0 Å². The molecule has 4 rings (SSSR count). The fourth-order valence-corrected chi connectivity index (χ4v) is 4.22. The average molecular weight is 601 g/mol. The number of halogens is 2. The van der Waals surface area contributed by atoms with Crippen LogP contribution in [0, 0.1) is 10.1 Å². The van der Waals surface area contributed by atoms with Gasteiger partial charge < -0.3 is 9.47 Å². The molecular formula is C26H23BrClN5O5. The van der Waals surface area contributed by atoms with E-state index in [-0.39, 0.29) is 27.9 Å². The molecule has 0 saturated carbocycles. The molecule has 0 fully saturated rings. The highest BCUT2D eigenvalue weighted by Crippen LogP contribution is 2.39. The quantitative estimate of drug-likeness (QED) is 0.115. The van der Waals surface area contributed by atoms with Crippen molar-refractivity contribution in [3.63, 3.8) is 0 Å². The largest absolute Gasteiger partial charge is 0.490 e. The summed E-state index contributed by atoms with van der Waals surface area (Å²) in [5, 5.41) is 16.0. The smallest absolute Gasteiger partial charge is 0.287 e. The topological polar surface area (TPSA) is 122 Å². The number of rotatable bonds is 10. The van der Waals surface area contributed by atoms with Crippen LogP contribution < -0.4 is 15.0 Å². The Balaban J connectivity index is 1.71. The SMILES string of the molecule is CCCCc1nc2ccc(Br)cc2c(=O)n1N=Cc1cc(Cl)c(Oc2ccc([N+](=O)[O-])cn2)c(OCC)c1. The predicted molar refractivity (Wildman–Crippen MR) is 149 cm³/mol. The van der Waals surface area contributed by atoms with Crippen LogP contribution in [0.4, 0.5) is 5.69 Å². The average Bonchev–Trinajstić information content (AvgIpc) is 2.90. The minimum atomic E-state index is -0.549. The molecule has 2 aromatic heterocycles. The number of benzene rings is 2. The summed E-state index contributed by atoms with van der Waals surface area (Å²) in [5.41, 5.74) is 0.729. The van der Waals surface area contributed by atoms with E-state index in [0.717, 1.165) is 23.5 Å². The molecule has 196 valence electrons. The van der Waals surface area contributed by atoms with E-state index >= 15 is 0 Å². The van der Waals surface area contributed by atoms with E-state index in [0.29, 0.717) is 41.1 Å². The van der Waals surface area contributed by atoms with Crippen molar-refractivity contribution >= 4 is 50.3 Å². The van der Waals surface area contributed by atoms with Crippen LogP contribution in [0.25, 0.3) is 10.9 Å². The first-order chi connectivity index (χ1) is 18.3. The second kappa shape index (κ2) is 12.1. The molecular weight excluding hydrogens is 578 g/mol. The van der Waals surface area contributed by atoms with E-state index in [1.807, 2.05) is 6.07 Å². The monoisotopic (exact) mass is 599 g/mol. The summed E-state index contributed by atoms with van der Waals surface area (Å²) in [7, 11) is 0. The maximum Gasteiger partial charge on any atom is 0.287 e. The Morgan fingerprint density at radius 2 is 2.03 bits per heavy atom. The number of nitro groups is 1. The number of aryl methyl sites for hydroxylation is 1. The molecule has 0 atom stereocenters. The van der Waals surface area contributed by atoms with Gasteiger partial charge in [0, 0.05) is 23.0 Å². The normalized spacial score (nSPS) is 11.3. The Kier molecular flexibility index (Phi) is 8.70. The van der Waals surface area contributed by atoms with Gasteiger partial charge in [0.25, 0.3) is 11.2 Å². The highest BCUT2D eigenvalue weighted by Gasteiger charge is 2.16. The highest BCUT2D eigenvalue weighted by molar-refractivity contribution is 9.10. The second-order valence-corrected chi connectivity index (χ2v) is 9.45. The molecule has 0 saturated heterocycles. The molecule has 2 aromatic carbocycles. The van der Waals surface area contributed by atoms with E-state index in [4.69, 9.17) is 21.1 Å². The molecule has 0 spiro atoms. The van der Waals surface area contributed by atoms with Crippen molar-refractivity contribution in [3.05, 3.63) is 90.0 Å². The first-order valence-electron chi connectivity index (χ1n) is 11.8. The van der Waals surface area contributed by atoms with E-state index < -0.39 is 4.92 Å². The molecule has 38 heavy (non-hydrogen) atoms. The van der Waals surface area contributed by atoms with Crippen LogP contribution in [0.15, 0.2) is 63.0 Å². The summed E-state index contributed by atoms with van der Waals surface area (Å²) in [5.74, 6) is 1.19. The molecule has 12 heteroatoms. The van der Waals surface area contributed by atoms with Crippen LogP contribution >= 0.6 is 27.5 Å².